The fourth-order valence-corrected chi connectivity index (χ4v) is 2.50. The van der Waals surface area contributed by atoms with E-state index in [0.717, 1.165) is 22.2 Å². The molecule has 1 aromatic heterocycles. The zero-order chi connectivity index (χ0) is 15.4. The molecule has 0 aliphatic carbocycles. The Labute approximate surface area is 125 Å². The first kappa shape index (κ1) is 14.4. The van der Waals surface area contributed by atoms with E-state index < -0.39 is 7.12 Å². The van der Waals surface area contributed by atoms with E-state index in [1.54, 1.807) is 13.4 Å². The summed E-state index contributed by atoms with van der Waals surface area (Å²) in [5.41, 5.74) is 2.06. The fourth-order valence-electron chi connectivity index (χ4n) is 2.50. The van der Waals surface area contributed by atoms with E-state index in [1.807, 2.05) is 51.4 Å². The first-order valence-electron chi connectivity index (χ1n) is 7.10. The van der Waals surface area contributed by atoms with Gasteiger partial charge in [-0.25, -0.2) is 4.98 Å². The Morgan fingerprint density at radius 1 is 1.14 bits per heavy atom. The van der Waals surface area contributed by atoms with Gasteiger partial charge < -0.3 is 18.6 Å². The van der Waals surface area contributed by atoms with Crippen LogP contribution in [0.1, 0.15) is 27.7 Å². The maximum atomic E-state index is 6.11. The molecule has 1 saturated heterocycles. The van der Waals surface area contributed by atoms with Crippen LogP contribution in [-0.2, 0) is 16.4 Å². The molecular weight excluding hydrogens is 267 g/mol. The van der Waals surface area contributed by atoms with E-state index in [1.165, 1.54) is 0 Å². The van der Waals surface area contributed by atoms with Gasteiger partial charge in [0.05, 0.1) is 35.7 Å². The van der Waals surface area contributed by atoms with Crippen LogP contribution < -0.4 is 10.2 Å². The lowest BCUT2D eigenvalue weighted by Crippen LogP contribution is -2.41. The molecule has 0 atom stereocenters. The van der Waals surface area contributed by atoms with Crippen molar-refractivity contribution in [1.29, 1.82) is 0 Å². The summed E-state index contributed by atoms with van der Waals surface area (Å²) in [5.74, 6) is 0.754. The molecule has 1 aliphatic rings. The highest BCUT2D eigenvalue weighted by molar-refractivity contribution is 6.63. The van der Waals surface area contributed by atoms with Crippen LogP contribution in [0.2, 0.25) is 0 Å². The average molecular weight is 288 g/mol. The third-order valence-corrected chi connectivity index (χ3v) is 4.58. The molecule has 2 heterocycles. The molecule has 1 aliphatic heterocycles. The standard InChI is InChI=1S/C15H21BN2O3/c1-14(2)15(3,4)21-16(20-14)10-7-11-12(8-13(10)19-6)18(5)9-17-11/h7-9H,1-6H3. The molecule has 0 radical (unpaired) electrons. The number of hydrogen-bond acceptors (Lipinski definition) is 4. The van der Waals surface area contributed by atoms with E-state index in [-0.39, 0.29) is 11.2 Å². The Balaban J connectivity index is 2.08. The first-order chi connectivity index (χ1) is 9.75. The van der Waals surface area contributed by atoms with Gasteiger partial charge in [0.2, 0.25) is 0 Å². The van der Waals surface area contributed by atoms with Crippen LogP contribution in [-0.4, -0.2) is 35.0 Å². The molecule has 2 aromatic rings. The van der Waals surface area contributed by atoms with E-state index in [2.05, 4.69) is 4.98 Å². The molecule has 0 spiro atoms. The van der Waals surface area contributed by atoms with Gasteiger partial charge >= 0.3 is 7.12 Å². The van der Waals surface area contributed by atoms with Gasteiger partial charge in [0.1, 0.15) is 5.75 Å². The van der Waals surface area contributed by atoms with Crippen molar-refractivity contribution in [2.45, 2.75) is 38.9 Å². The molecule has 6 heteroatoms. The van der Waals surface area contributed by atoms with Gasteiger partial charge in [0, 0.05) is 18.6 Å². The molecule has 1 fully saturated rings. The van der Waals surface area contributed by atoms with Crippen LogP contribution in [0.15, 0.2) is 18.5 Å². The lowest BCUT2D eigenvalue weighted by atomic mass is 9.78. The largest absolute Gasteiger partial charge is 0.498 e. The van der Waals surface area contributed by atoms with Crippen LogP contribution in [0.4, 0.5) is 0 Å². The second-order valence-electron chi connectivity index (χ2n) is 6.53. The molecule has 0 unspecified atom stereocenters. The van der Waals surface area contributed by atoms with Crippen LogP contribution >= 0.6 is 0 Å². The number of methoxy groups -OCH3 is 1. The second kappa shape index (κ2) is 4.48. The Morgan fingerprint density at radius 2 is 1.76 bits per heavy atom. The minimum atomic E-state index is -0.448. The van der Waals surface area contributed by atoms with Gasteiger partial charge in [-0.15, -0.1) is 0 Å². The molecular formula is C15H21BN2O3. The predicted octanol–water partition coefficient (Wildman–Crippen LogP) is 1.88. The zero-order valence-electron chi connectivity index (χ0n) is 13.4. The highest BCUT2D eigenvalue weighted by Crippen LogP contribution is 2.37. The molecule has 3 rings (SSSR count). The van der Waals surface area contributed by atoms with Crippen molar-refractivity contribution >= 4 is 23.6 Å². The summed E-state index contributed by atoms with van der Waals surface area (Å²) in [4.78, 5) is 4.39. The third kappa shape index (κ3) is 2.13. The number of ether oxygens (including phenoxy) is 1. The van der Waals surface area contributed by atoms with E-state index in [0.29, 0.717) is 0 Å². The molecule has 5 nitrogen and oxygen atoms in total. The van der Waals surface area contributed by atoms with Gasteiger partial charge in [-0.1, -0.05) is 0 Å². The number of hydrogen-bond donors (Lipinski definition) is 0. The molecule has 0 saturated carbocycles. The summed E-state index contributed by atoms with van der Waals surface area (Å²) in [6.45, 7) is 8.16. The fraction of sp³-hybridized carbons (Fsp3) is 0.533. The highest BCUT2D eigenvalue weighted by atomic mass is 16.7. The van der Waals surface area contributed by atoms with Crippen molar-refractivity contribution in [3.63, 3.8) is 0 Å². The van der Waals surface area contributed by atoms with Gasteiger partial charge in [0.25, 0.3) is 0 Å². The van der Waals surface area contributed by atoms with Gasteiger partial charge in [0.15, 0.2) is 0 Å². The quantitative estimate of drug-likeness (QED) is 0.792. The van der Waals surface area contributed by atoms with Crippen LogP contribution in [0.5, 0.6) is 5.75 Å². The average Bonchev–Trinajstić information content (AvgIpc) is 2.86. The predicted molar refractivity (Wildman–Crippen MR) is 83.0 cm³/mol. The molecule has 112 valence electrons. The summed E-state index contributed by atoms with van der Waals surface area (Å²) in [6, 6.07) is 3.96. The Kier molecular flexibility index (Phi) is 3.08. The number of nitrogens with zero attached hydrogens (tertiary/aromatic N) is 2. The number of fused-ring (bicyclic) bond motifs is 1. The Hall–Kier alpha value is -1.53. The Morgan fingerprint density at radius 3 is 2.33 bits per heavy atom. The minimum Gasteiger partial charge on any atom is -0.497 e. The van der Waals surface area contributed by atoms with E-state index in [4.69, 9.17) is 14.0 Å². The maximum Gasteiger partial charge on any atom is 0.498 e. The number of benzene rings is 1. The maximum absolute atomic E-state index is 6.11. The number of aryl methyl sites for hydroxylation is 1. The van der Waals surface area contributed by atoms with Crippen LogP contribution in [0.3, 0.4) is 0 Å². The number of rotatable bonds is 2. The van der Waals surface area contributed by atoms with E-state index in [9.17, 15) is 0 Å². The molecule has 21 heavy (non-hydrogen) atoms. The van der Waals surface area contributed by atoms with Crippen molar-refractivity contribution in [2.75, 3.05) is 7.11 Å². The first-order valence-corrected chi connectivity index (χ1v) is 7.10. The topological polar surface area (TPSA) is 45.5 Å². The Bertz CT molecular complexity index is 678. The number of aromatic nitrogens is 2. The second-order valence-corrected chi connectivity index (χ2v) is 6.53. The minimum absolute atomic E-state index is 0.373. The van der Waals surface area contributed by atoms with E-state index >= 15 is 0 Å². The number of imidazole rings is 1. The lowest BCUT2D eigenvalue weighted by Gasteiger charge is -2.32. The van der Waals surface area contributed by atoms with Crippen molar-refractivity contribution in [3.05, 3.63) is 18.5 Å². The van der Waals surface area contributed by atoms with Crippen LogP contribution in [0, 0.1) is 0 Å². The highest BCUT2D eigenvalue weighted by Gasteiger charge is 2.52. The molecule has 0 bridgehead atoms. The summed E-state index contributed by atoms with van der Waals surface area (Å²) in [6.07, 6.45) is 1.79. The van der Waals surface area contributed by atoms with Crippen molar-refractivity contribution in [3.8, 4) is 5.75 Å². The smallest absolute Gasteiger partial charge is 0.497 e. The zero-order valence-corrected chi connectivity index (χ0v) is 13.4. The molecule has 0 N–H and O–H groups in total. The SMILES string of the molecule is COc1cc2c(cc1B1OC(C)(C)C(C)(C)O1)ncn2C. The van der Waals surface area contributed by atoms with Gasteiger partial charge in [-0.3, -0.25) is 0 Å². The van der Waals surface area contributed by atoms with Gasteiger partial charge in [-0.05, 0) is 33.8 Å². The van der Waals surface area contributed by atoms with Crippen molar-refractivity contribution < 1.29 is 14.0 Å². The van der Waals surface area contributed by atoms with Crippen molar-refractivity contribution in [1.82, 2.24) is 9.55 Å². The van der Waals surface area contributed by atoms with Crippen molar-refractivity contribution in [2.24, 2.45) is 7.05 Å². The third-order valence-electron chi connectivity index (χ3n) is 4.58. The molecule has 1 aromatic carbocycles. The monoisotopic (exact) mass is 288 g/mol. The van der Waals surface area contributed by atoms with Crippen LogP contribution in [0.25, 0.3) is 11.0 Å². The van der Waals surface area contributed by atoms with Gasteiger partial charge in [-0.2, -0.15) is 0 Å². The normalized spacial score (nSPS) is 20.2. The molecule has 0 amide bonds. The summed E-state index contributed by atoms with van der Waals surface area (Å²) in [7, 11) is 3.17. The lowest BCUT2D eigenvalue weighted by molar-refractivity contribution is 0.00578. The summed E-state index contributed by atoms with van der Waals surface area (Å²) >= 11 is 0. The summed E-state index contributed by atoms with van der Waals surface area (Å²) in [5, 5.41) is 0. The summed E-state index contributed by atoms with van der Waals surface area (Å²) < 4.78 is 19.7.